The highest BCUT2D eigenvalue weighted by atomic mass is 35.5. The summed E-state index contributed by atoms with van der Waals surface area (Å²) in [5.41, 5.74) is 3.52. The van der Waals surface area contributed by atoms with Crippen LogP contribution < -0.4 is 10.2 Å². The number of benzene rings is 2. The lowest BCUT2D eigenvalue weighted by Gasteiger charge is -2.18. The number of anilines is 2. The summed E-state index contributed by atoms with van der Waals surface area (Å²) in [6, 6.07) is 12.1. The van der Waals surface area contributed by atoms with Gasteiger partial charge in [0.1, 0.15) is 6.04 Å². The summed E-state index contributed by atoms with van der Waals surface area (Å²) in [6.07, 6.45) is 0.138. The summed E-state index contributed by atoms with van der Waals surface area (Å²) >= 11 is 5.96. The molecule has 23 heavy (non-hydrogen) atoms. The molecule has 0 unspecified atom stereocenters. The predicted molar refractivity (Wildman–Crippen MR) is 91.9 cm³/mol. The highest BCUT2D eigenvalue weighted by molar-refractivity contribution is 6.31. The maximum absolute atomic E-state index is 12.7. The Morgan fingerprint density at radius 2 is 1.74 bits per heavy atom. The van der Waals surface area contributed by atoms with Gasteiger partial charge in [0.2, 0.25) is 5.91 Å². The Hall–Kier alpha value is -2.33. The second-order valence-electron chi connectivity index (χ2n) is 5.72. The van der Waals surface area contributed by atoms with Gasteiger partial charge in [-0.25, -0.2) is 4.90 Å². The average molecular weight is 329 g/mol. The van der Waals surface area contributed by atoms with Crippen molar-refractivity contribution in [1.29, 1.82) is 0 Å². The van der Waals surface area contributed by atoms with E-state index in [-0.39, 0.29) is 18.2 Å². The van der Waals surface area contributed by atoms with E-state index < -0.39 is 6.04 Å². The van der Waals surface area contributed by atoms with Crippen molar-refractivity contribution in [1.82, 2.24) is 0 Å². The fourth-order valence-electron chi connectivity index (χ4n) is 2.85. The van der Waals surface area contributed by atoms with E-state index in [1.54, 1.807) is 24.3 Å². The van der Waals surface area contributed by atoms with E-state index in [4.69, 9.17) is 11.6 Å². The van der Waals surface area contributed by atoms with Crippen LogP contribution in [0.25, 0.3) is 0 Å². The van der Waals surface area contributed by atoms with Gasteiger partial charge in [0, 0.05) is 10.7 Å². The van der Waals surface area contributed by atoms with Crippen molar-refractivity contribution in [3.8, 4) is 0 Å². The van der Waals surface area contributed by atoms with Gasteiger partial charge in [0.25, 0.3) is 5.91 Å². The molecule has 2 aromatic carbocycles. The Labute approximate surface area is 140 Å². The van der Waals surface area contributed by atoms with Crippen LogP contribution in [0.15, 0.2) is 42.5 Å². The number of amides is 2. The van der Waals surface area contributed by atoms with Gasteiger partial charge in [-0.15, -0.1) is 0 Å². The van der Waals surface area contributed by atoms with E-state index in [9.17, 15) is 9.59 Å². The summed E-state index contributed by atoms with van der Waals surface area (Å²) in [4.78, 5) is 26.1. The van der Waals surface area contributed by atoms with Crippen molar-refractivity contribution in [3.05, 3.63) is 58.6 Å². The van der Waals surface area contributed by atoms with Crippen molar-refractivity contribution in [2.45, 2.75) is 26.3 Å². The number of carbonyl (C=O) groups excluding carboxylic acids is 2. The molecule has 0 spiro atoms. The van der Waals surface area contributed by atoms with Crippen LogP contribution in [0.5, 0.6) is 0 Å². The molecule has 1 atom stereocenters. The standard InChI is InChI=1S/C18H17ClN2O2/c1-11-5-3-6-12(2)17(11)20-15-10-16(22)21(18(15)23)14-8-4-7-13(19)9-14/h3-9,15,20H,10H2,1-2H3/t15-/m0/s1. The van der Waals surface area contributed by atoms with Crippen molar-refractivity contribution < 1.29 is 9.59 Å². The van der Waals surface area contributed by atoms with E-state index in [0.29, 0.717) is 10.7 Å². The molecule has 1 aliphatic rings. The number of para-hydroxylation sites is 1. The summed E-state index contributed by atoms with van der Waals surface area (Å²) < 4.78 is 0. The Morgan fingerprint density at radius 1 is 1.09 bits per heavy atom. The first-order chi connectivity index (χ1) is 11.0. The van der Waals surface area contributed by atoms with E-state index >= 15 is 0 Å². The fraction of sp³-hybridized carbons (Fsp3) is 0.222. The molecule has 0 radical (unpaired) electrons. The topological polar surface area (TPSA) is 49.4 Å². The van der Waals surface area contributed by atoms with Gasteiger partial charge in [-0.2, -0.15) is 0 Å². The first-order valence-electron chi connectivity index (χ1n) is 7.42. The van der Waals surface area contributed by atoms with Gasteiger partial charge < -0.3 is 5.32 Å². The third-order valence-corrected chi connectivity index (χ3v) is 4.25. The zero-order valence-corrected chi connectivity index (χ0v) is 13.7. The van der Waals surface area contributed by atoms with Crippen molar-refractivity contribution in [2.24, 2.45) is 0 Å². The summed E-state index contributed by atoms with van der Waals surface area (Å²) in [5.74, 6) is -0.471. The molecule has 1 saturated heterocycles. The predicted octanol–water partition coefficient (Wildman–Crippen LogP) is 3.70. The molecular formula is C18H17ClN2O2. The second kappa shape index (κ2) is 6.05. The lowest BCUT2D eigenvalue weighted by Crippen LogP contribution is -2.35. The third-order valence-electron chi connectivity index (χ3n) is 4.01. The van der Waals surface area contributed by atoms with E-state index in [2.05, 4.69) is 5.32 Å². The van der Waals surface area contributed by atoms with Gasteiger partial charge >= 0.3 is 0 Å². The SMILES string of the molecule is Cc1cccc(C)c1N[C@H]1CC(=O)N(c2cccc(Cl)c2)C1=O. The number of hydrogen-bond donors (Lipinski definition) is 1. The van der Waals surface area contributed by atoms with Gasteiger partial charge in [-0.1, -0.05) is 35.9 Å². The van der Waals surface area contributed by atoms with Crippen LogP contribution in [0, 0.1) is 13.8 Å². The third kappa shape index (κ3) is 2.94. The minimum absolute atomic E-state index is 0.138. The lowest BCUT2D eigenvalue weighted by atomic mass is 10.1. The Morgan fingerprint density at radius 3 is 2.39 bits per heavy atom. The van der Waals surface area contributed by atoms with Crippen molar-refractivity contribution in [2.75, 3.05) is 10.2 Å². The molecule has 1 N–H and O–H groups in total. The zero-order valence-electron chi connectivity index (χ0n) is 13.0. The molecule has 4 nitrogen and oxygen atoms in total. The van der Waals surface area contributed by atoms with Crippen LogP contribution in [-0.4, -0.2) is 17.9 Å². The molecule has 118 valence electrons. The van der Waals surface area contributed by atoms with Crippen molar-refractivity contribution in [3.63, 3.8) is 0 Å². The van der Waals surface area contributed by atoms with E-state index in [1.807, 2.05) is 32.0 Å². The normalized spacial score (nSPS) is 17.7. The minimum Gasteiger partial charge on any atom is -0.373 e. The number of hydrogen-bond acceptors (Lipinski definition) is 3. The van der Waals surface area contributed by atoms with Gasteiger partial charge in [0.05, 0.1) is 12.1 Å². The number of carbonyl (C=O) groups is 2. The Kier molecular flexibility index (Phi) is 4.09. The number of imide groups is 1. The molecule has 5 heteroatoms. The van der Waals surface area contributed by atoms with Gasteiger partial charge in [-0.3, -0.25) is 9.59 Å². The second-order valence-corrected chi connectivity index (χ2v) is 6.15. The summed E-state index contributed by atoms with van der Waals surface area (Å²) in [7, 11) is 0. The van der Waals surface area contributed by atoms with Crippen LogP contribution in [0.3, 0.4) is 0 Å². The summed E-state index contributed by atoms with van der Waals surface area (Å²) in [5, 5.41) is 3.72. The molecule has 1 aliphatic heterocycles. The highest BCUT2D eigenvalue weighted by Crippen LogP contribution is 2.28. The number of rotatable bonds is 3. The van der Waals surface area contributed by atoms with Crippen LogP contribution in [0.4, 0.5) is 11.4 Å². The largest absolute Gasteiger partial charge is 0.373 e. The van der Waals surface area contributed by atoms with Crippen LogP contribution in [0.1, 0.15) is 17.5 Å². The molecule has 1 fully saturated rings. The van der Waals surface area contributed by atoms with Crippen LogP contribution >= 0.6 is 11.6 Å². The molecule has 2 amide bonds. The molecule has 1 heterocycles. The molecular weight excluding hydrogens is 312 g/mol. The van der Waals surface area contributed by atoms with E-state index in [1.165, 1.54) is 4.90 Å². The fourth-order valence-corrected chi connectivity index (χ4v) is 3.03. The van der Waals surface area contributed by atoms with Gasteiger partial charge in [-0.05, 0) is 43.2 Å². The van der Waals surface area contributed by atoms with Crippen molar-refractivity contribution >= 4 is 34.8 Å². The first-order valence-corrected chi connectivity index (χ1v) is 7.80. The molecule has 0 saturated carbocycles. The highest BCUT2D eigenvalue weighted by Gasteiger charge is 2.39. The number of aryl methyl sites for hydroxylation is 2. The number of nitrogens with one attached hydrogen (secondary N) is 1. The maximum atomic E-state index is 12.7. The lowest BCUT2D eigenvalue weighted by molar-refractivity contribution is -0.121. The van der Waals surface area contributed by atoms with Gasteiger partial charge in [0.15, 0.2) is 0 Å². The van der Waals surface area contributed by atoms with E-state index in [0.717, 1.165) is 16.8 Å². The smallest absolute Gasteiger partial charge is 0.256 e. The Bertz CT molecular complexity index is 768. The molecule has 0 bridgehead atoms. The molecule has 0 aliphatic carbocycles. The molecule has 2 aromatic rings. The molecule has 0 aromatic heterocycles. The molecule has 3 rings (SSSR count). The zero-order chi connectivity index (χ0) is 16.6. The average Bonchev–Trinajstić information content (AvgIpc) is 2.77. The quantitative estimate of drug-likeness (QED) is 0.874. The maximum Gasteiger partial charge on any atom is 0.256 e. The number of halogens is 1. The van der Waals surface area contributed by atoms with Crippen LogP contribution in [-0.2, 0) is 9.59 Å². The number of nitrogens with zero attached hydrogens (tertiary/aromatic N) is 1. The Balaban J connectivity index is 1.87. The summed E-state index contributed by atoms with van der Waals surface area (Å²) in [6.45, 7) is 3.95. The first kappa shape index (κ1) is 15.6. The van der Waals surface area contributed by atoms with Crippen LogP contribution in [0.2, 0.25) is 5.02 Å². The minimum atomic E-state index is -0.554. The monoisotopic (exact) mass is 328 g/mol.